The zero-order chi connectivity index (χ0) is 39.9. The van der Waals surface area contributed by atoms with Crippen LogP contribution in [0.15, 0.2) is 108 Å². The summed E-state index contributed by atoms with van der Waals surface area (Å²) in [5.41, 5.74) is 7.90. The Balaban J connectivity index is 0.000000212. The molecule has 0 spiro atoms. The smallest absolute Gasteiger partial charge is 0 e. The van der Waals surface area contributed by atoms with Gasteiger partial charge in [-0.3, -0.25) is 0 Å². The quantitative estimate of drug-likeness (QED) is 0.118. The first-order valence-electron chi connectivity index (χ1n) is 19.5. The van der Waals surface area contributed by atoms with Gasteiger partial charge in [-0.05, 0) is 29.8 Å². The maximum absolute atomic E-state index is 8.60. The number of fused-ring (bicyclic) bond motifs is 3. The molecule has 6 heteroatoms. The minimum Gasteiger partial charge on any atom is 0 e. The Labute approximate surface area is 322 Å². The SMILES string of the molecule is [2H]C(C)(C)c1ccnc(-c2[c-]ccc3c2oc2nc(-c4ccccc4)ccc23)c1.[2H]C([2H])([2H])c1c[c-]c(-c2cc(C([2H])([2H])C(C)C)[c]([Ge]([CH3])([CH3])[CH3])cn2)cc1.[Ir]. The molecule has 0 unspecified atom stereocenters. The summed E-state index contributed by atoms with van der Waals surface area (Å²) in [6, 6.07) is 34.6. The molecule has 3 aromatic carbocycles. The molecular weight excluding hydrogens is 851 g/mol. The Hall–Kier alpha value is -3.90. The van der Waals surface area contributed by atoms with Crippen molar-refractivity contribution in [2.45, 2.75) is 64.1 Å². The van der Waals surface area contributed by atoms with Gasteiger partial charge >= 0.3 is 139 Å². The van der Waals surface area contributed by atoms with Crippen LogP contribution in [0.4, 0.5) is 0 Å². The topological polar surface area (TPSA) is 51.8 Å². The predicted molar refractivity (Wildman–Crippen MR) is 208 cm³/mol. The molecule has 7 rings (SSSR count). The third-order valence-corrected chi connectivity index (χ3v) is 12.4. The fourth-order valence-electron chi connectivity index (χ4n) is 5.68. The molecule has 0 atom stereocenters. The van der Waals surface area contributed by atoms with Crippen molar-refractivity contribution in [1.82, 2.24) is 15.0 Å². The summed E-state index contributed by atoms with van der Waals surface area (Å²) >= 11 is -2.32. The molecule has 0 saturated carbocycles. The summed E-state index contributed by atoms with van der Waals surface area (Å²) < 4.78 is 55.2. The number of hydrogen-bond acceptors (Lipinski definition) is 4. The van der Waals surface area contributed by atoms with Crippen molar-refractivity contribution in [1.29, 1.82) is 0 Å². The van der Waals surface area contributed by atoms with Gasteiger partial charge in [0, 0.05) is 38.6 Å². The van der Waals surface area contributed by atoms with Crippen LogP contribution in [0.25, 0.3) is 55.8 Å². The molecule has 257 valence electrons. The summed E-state index contributed by atoms with van der Waals surface area (Å²) in [4.78, 5) is 13.8. The van der Waals surface area contributed by atoms with Crippen LogP contribution in [0, 0.1) is 24.9 Å². The predicted octanol–water partition coefficient (Wildman–Crippen LogP) is 11.2. The molecule has 7 aromatic rings. The average molecular weight is 903 g/mol. The fourth-order valence-corrected chi connectivity index (χ4v) is 8.62. The van der Waals surface area contributed by atoms with Crippen molar-refractivity contribution >= 4 is 39.7 Å². The van der Waals surface area contributed by atoms with Crippen LogP contribution >= 0.6 is 0 Å². The number of hydrogen-bond donors (Lipinski definition) is 0. The van der Waals surface area contributed by atoms with Gasteiger partial charge in [-0.1, -0.05) is 66.8 Å². The van der Waals surface area contributed by atoms with Crippen molar-refractivity contribution in [3.63, 3.8) is 0 Å². The van der Waals surface area contributed by atoms with E-state index in [4.69, 9.17) is 17.6 Å². The maximum Gasteiger partial charge on any atom is 0 e. The largest absolute Gasteiger partial charge is 0 e. The molecule has 1 radical (unpaired) electrons. The zero-order valence-corrected chi connectivity index (χ0v) is 34.0. The van der Waals surface area contributed by atoms with Crippen LogP contribution in [-0.4, -0.2) is 28.2 Å². The van der Waals surface area contributed by atoms with Gasteiger partial charge in [-0.25, -0.2) is 4.98 Å². The van der Waals surface area contributed by atoms with Crippen molar-refractivity contribution < 1.29 is 32.7 Å². The molecule has 0 fully saturated rings. The van der Waals surface area contributed by atoms with E-state index in [1.165, 1.54) is 6.07 Å². The van der Waals surface area contributed by atoms with Crippen LogP contribution in [0.1, 0.15) is 58.5 Å². The first kappa shape index (κ1) is 29.8. The summed E-state index contributed by atoms with van der Waals surface area (Å²) in [5, 5.41) is 1.95. The number of nitrogens with zero attached hydrogens (tertiary/aromatic N) is 3. The van der Waals surface area contributed by atoms with E-state index in [1.54, 1.807) is 18.3 Å². The molecule has 0 amide bonds. The molecule has 0 aliphatic heterocycles. The molecule has 0 aliphatic rings. The van der Waals surface area contributed by atoms with Gasteiger partial charge in [-0.15, -0.1) is 18.2 Å². The number of pyridine rings is 3. The fraction of sp³-hybridized carbons (Fsp3) is 0.250. The van der Waals surface area contributed by atoms with Crippen LogP contribution in [-0.2, 0) is 26.5 Å². The Morgan fingerprint density at radius 3 is 2.34 bits per heavy atom. The van der Waals surface area contributed by atoms with Gasteiger partial charge in [0.2, 0.25) is 5.71 Å². The van der Waals surface area contributed by atoms with Gasteiger partial charge in [0.05, 0.1) is 11.3 Å². The molecule has 0 aliphatic carbocycles. The number of furan rings is 1. The third-order valence-electron chi connectivity index (χ3n) is 8.21. The van der Waals surface area contributed by atoms with Gasteiger partial charge in [-0.2, -0.15) is 0 Å². The van der Waals surface area contributed by atoms with Crippen LogP contribution < -0.4 is 4.40 Å². The second-order valence-corrected chi connectivity index (χ2v) is 24.3. The first-order chi connectivity index (χ1) is 25.7. The Morgan fingerprint density at radius 2 is 1.66 bits per heavy atom. The standard InChI is InChI=1S/C25H19N2O.C19H26GeN.Ir/c1-16(2)18-13-14-26-23(15-18)21-10-6-9-19-20-11-12-22(17-7-4-3-5-8-17)27-25(20)28-24(19)21;1-14(2)11-17-12-19(16-9-7-15(3)8-10-16)21-13-18(17)20(4,5)6;/h3-9,11-16H,1-2H3;7-9,12-14H,11H2,1-6H3;/q2*-1;/i16D;3D3,11D2;. The van der Waals surface area contributed by atoms with Gasteiger partial charge in [0.1, 0.15) is 0 Å². The minimum atomic E-state index is -2.32. The van der Waals surface area contributed by atoms with Crippen LogP contribution in [0.3, 0.4) is 0 Å². The zero-order valence-electron chi connectivity index (χ0n) is 35.5. The van der Waals surface area contributed by atoms with Gasteiger partial charge in [0.25, 0.3) is 0 Å². The Bertz CT molecular complexity index is 2450. The molecular formula is C44H45GeIrN3O-2. The van der Waals surface area contributed by atoms with Gasteiger partial charge in [0.15, 0.2) is 0 Å². The number of rotatable bonds is 7. The van der Waals surface area contributed by atoms with E-state index in [-0.39, 0.29) is 31.6 Å². The third kappa shape index (κ3) is 8.51. The molecule has 4 nitrogen and oxygen atoms in total. The summed E-state index contributed by atoms with van der Waals surface area (Å²) in [5.74, 6) is 5.82. The second-order valence-electron chi connectivity index (χ2n) is 13.7. The van der Waals surface area contributed by atoms with E-state index in [0.29, 0.717) is 28.1 Å². The maximum atomic E-state index is 8.60. The Morgan fingerprint density at radius 1 is 0.860 bits per heavy atom. The van der Waals surface area contributed by atoms with Crippen LogP contribution in [0.2, 0.25) is 17.3 Å². The van der Waals surface area contributed by atoms with E-state index < -0.39 is 32.4 Å². The van der Waals surface area contributed by atoms with E-state index in [9.17, 15) is 0 Å². The molecule has 0 saturated heterocycles. The van der Waals surface area contributed by atoms with E-state index in [2.05, 4.69) is 45.4 Å². The first-order valence-corrected chi connectivity index (χ1v) is 23.9. The molecule has 4 heterocycles. The molecule has 0 bridgehead atoms. The van der Waals surface area contributed by atoms with Crippen molar-refractivity contribution in [2.75, 3.05) is 0 Å². The van der Waals surface area contributed by atoms with E-state index >= 15 is 0 Å². The number of aromatic nitrogens is 3. The second kappa shape index (κ2) is 16.0. The minimum absolute atomic E-state index is 0. The summed E-state index contributed by atoms with van der Waals surface area (Å²) in [7, 11) is 0. The van der Waals surface area contributed by atoms with Crippen molar-refractivity contribution in [3.05, 3.63) is 132 Å². The Kier molecular flexibility index (Phi) is 9.52. The average Bonchev–Trinajstić information content (AvgIpc) is 3.52. The molecule has 4 aromatic heterocycles. The number of benzene rings is 3. The van der Waals surface area contributed by atoms with E-state index in [1.807, 2.05) is 101 Å². The number of aryl methyl sites for hydroxylation is 1. The molecule has 50 heavy (non-hydrogen) atoms. The normalized spacial score (nSPS) is 14.0. The molecule has 0 N–H and O–H groups in total. The van der Waals surface area contributed by atoms with Crippen LogP contribution in [0.5, 0.6) is 0 Å². The van der Waals surface area contributed by atoms with Crippen molar-refractivity contribution in [2.24, 2.45) is 5.92 Å². The summed E-state index contributed by atoms with van der Waals surface area (Å²) in [6.07, 6.45) is 2.10. The van der Waals surface area contributed by atoms with Gasteiger partial charge < -0.3 is 9.40 Å². The van der Waals surface area contributed by atoms with Crippen molar-refractivity contribution in [3.8, 4) is 33.8 Å². The summed E-state index contributed by atoms with van der Waals surface area (Å²) in [6.45, 7) is 5.35. The van der Waals surface area contributed by atoms with E-state index in [0.717, 1.165) is 43.2 Å². The monoisotopic (exact) mass is 904 g/mol.